The minimum absolute atomic E-state index is 0.209. The highest BCUT2D eigenvalue weighted by atomic mass is 14.7. The van der Waals surface area contributed by atoms with Crippen molar-refractivity contribution in [1.29, 1.82) is 0 Å². The summed E-state index contributed by atoms with van der Waals surface area (Å²) in [6, 6.07) is 2.30. The van der Waals surface area contributed by atoms with Crippen LogP contribution in [0.3, 0.4) is 0 Å². The number of hydrogen-bond donors (Lipinski definition) is 1. The minimum Gasteiger partial charge on any atom is -0.324 e. The molecular weight excluding hydrogens is 196 g/mol. The van der Waals surface area contributed by atoms with Gasteiger partial charge in [-0.2, -0.15) is 0 Å². The lowest BCUT2D eigenvalue weighted by Crippen LogP contribution is -2.22. The van der Waals surface area contributed by atoms with Crippen LogP contribution in [-0.2, 0) is 0 Å². The van der Waals surface area contributed by atoms with Gasteiger partial charge >= 0.3 is 0 Å². The Morgan fingerprint density at radius 1 is 1.25 bits per heavy atom. The highest BCUT2D eigenvalue weighted by Crippen LogP contribution is 2.32. The normalized spacial score (nSPS) is 20.4. The molecule has 1 aliphatic rings. The fourth-order valence-corrected chi connectivity index (χ4v) is 2.78. The molecule has 1 heterocycles. The summed E-state index contributed by atoms with van der Waals surface area (Å²) >= 11 is 0. The maximum Gasteiger partial charge on any atom is 0.0327 e. The van der Waals surface area contributed by atoms with Crippen LogP contribution in [0.2, 0.25) is 0 Å². The fraction of sp³-hybridized carbons (Fsp3) is 0.643. The van der Waals surface area contributed by atoms with E-state index in [0.717, 1.165) is 0 Å². The van der Waals surface area contributed by atoms with E-state index in [0.29, 0.717) is 5.92 Å². The minimum atomic E-state index is 0.209. The molecule has 0 spiro atoms. The molecule has 1 aromatic heterocycles. The van der Waals surface area contributed by atoms with Crippen LogP contribution in [-0.4, -0.2) is 4.98 Å². The molecule has 0 saturated heterocycles. The van der Waals surface area contributed by atoms with Crippen molar-refractivity contribution < 1.29 is 0 Å². The molecule has 1 aliphatic carbocycles. The molecule has 0 amide bonds. The monoisotopic (exact) mass is 218 g/mol. The van der Waals surface area contributed by atoms with E-state index in [1.54, 1.807) is 0 Å². The Morgan fingerprint density at radius 3 is 2.56 bits per heavy atom. The van der Waals surface area contributed by atoms with Crippen molar-refractivity contribution in [2.75, 3.05) is 0 Å². The summed E-state index contributed by atoms with van der Waals surface area (Å²) in [5.74, 6) is 0.670. The highest BCUT2D eigenvalue weighted by molar-refractivity contribution is 5.25. The molecule has 16 heavy (non-hydrogen) atoms. The van der Waals surface area contributed by atoms with E-state index in [4.69, 9.17) is 5.73 Å². The first-order chi connectivity index (χ1) is 7.79. The second-order valence-corrected chi connectivity index (χ2v) is 5.01. The van der Waals surface area contributed by atoms with E-state index in [1.807, 2.05) is 12.4 Å². The van der Waals surface area contributed by atoms with Crippen molar-refractivity contribution in [3.8, 4) is 0 Å². The van der Waals surface area contributed by atoms with Crippen LogP contribution in [0.25, 0.3) is 0 Å². The summed E-state index contributed by atoms with van der Waals surface area (Å²) in [4.78, 5) is 4.14. The zero-order valence-corrected chi connectivity index (χ0v) is 10.2. The Kier molecular flexibility index (Phi) is 3.94. The number of aromatic nitrogens is 1. The van der Waals surface area contributed by atoms with Crippen LogP contribution in [0, 0.1) is 12.8 Å². The number of nitrogens with two attached hydrogens (primary N) is 1. The van der Waals surface area contributed by atoms with Gasteiger partial charge in [0.1, 0.15) is 0 Å². The van der Waals surface area contributed by atoms with Gasteiger partial charge in [-0.1, -0.05) is 25.7 Å². The first kappa shape index (κ1) is 11.6. The smallest absolute Gasteiger partial charge is 0.0327 e. The fourth-order valence-electron chi connectivity index (χ4n) is 2.78. The maximum absolute atomic E-state index is 6.41. The van der Waals surface area contributed by atoms with Gasteiger partial charge in [-0.3, -0.25) is 4.98 Å². The lowest BCUT2D eigenvalue weighted by molar-refractivity contribution is 0.381. The van der Waals surface area contributed by atoms with Gasteiger partial charge in [-0.05, 0) is 42.9 Å². The molecule has 1 aromatic rings. The van der Waals surface area contributed by atoms with Crippen LogP contribution < -0.4 is 5.73 Å². The molecule has 88 valence electrons. The molecule has 2 heteroatoms. The van der Waals surface area contributed by atoms with Gasteiger partial charge in [0.05, 0.1) is 0 Å². The van der Waals surface area contributed by atoms with Gasteiger partial charge in [0.25, 0.3) is 0 Å². The molecule has 1 unspecified atom stereocenters. The third-order valence-corrected chi connectivity index (χ3v) is 3.83. The van der Waals surface area contributed by atoms with E-state index in [9.17, 15) is 0 Å². The zero-order valence-electron chi connectivity index (χ0n) is 10.2. The van der Waals surface area contributed by atoms with E-state index < -0.39 is 0 Å². The lowest BCUT2D eigenvalue weighted by Gasteiger charge is -2.23. The van der Waals surface area contributed by atoms with Crippen LogP contribution in [0.5, 0.6) is 0 Å². The Bertz CT molecular complexity index is 327. The molecule has 1 saturated carbocycles. The van der Waals surface area contributed by atoms with Gasteiger partial charge in [0.2, 0.25) is 0 Å². The van der Waals surface area contributed by atoms with Gasteiger partial charge in [-0.15, -0.1) is 0 Å². The molecule has 2 N–H and O–H groups in total. The first-order valence-corrected chi connectivity index (χ1v) is 6.45. The highest BCUT2D eigenvalue weighted by Gasteiger charge is 2.21. The van der Waals surface area contributed by atoms with Gasteiger partial charge in [0, 0.05) is 18.4 Å². The third kappa shape index (κ3) is 2.62. The molecule has 1 fully saturated rings. The zero-order chi connectivity index (χ0) is 11.4. The molecule has 0 bridgehead atoms. The SMILES string of the molecule is Cc1cnccc1C(N)C1CCCCCC1. The number of rotatable bonds is 2. The molecule has 0 radical (unpaired) electrons. The largest absolute Gasteiger partial charge is 0.324 e. The van der Waals surface area contributed by atoms with E-state index in [-0.39, 0.29) is 6.04 Å². The van der Waals surface area contributed by atoms with Crippen molar-refractivity contribution in [2.24, 2.45) is 11.7 Å². The van der Waals surface area contributed by atoms with Crippen molar-refractivity contribution >= 4 is 0 Å². The van der Waals surface area contributed by atoms with Crippen molar-refractivity contribution in [3.63, 3.8) is 0 Å². The predicted molar refractivity (Wildman–Crippen MR) is 67.1 cm³/mol. The number of pyridine rings is 1. The topological polar surface area (TPSA) is 38.9 Å². The standard InChI is InChI=1S/C14H22N2/c1-11-10-16-9-8-13(11)14(15)12-6-4-2-3-5-7-12/h8-10,12,14H,2-7,15H2,1H3. The summed E-state index contributed by atoms with van der Waals surface area (Å²) in [6.45, 7) is 2.11. The van der Waals surface area contributed by atoms with Gasteiger partial charge < -0.3 is 5.73 Å². The summed E-state index contributed by atoms with van der Waals surface area (Å²) in [6.07, 6.45) is 11.8. The van der Waals surface area contributed by atoms with Crippen molar-refractivity contribution in [2.45, 2.75) is 51.5 Å². The van der Waals surface area contributed by atoms with Gasteiger partial charge in [0.15, 0.2) is 0 Å². The van der Waals surface area contributed by atoms with E-state index >= 15 is 0 Å². The average molecular weight is 218 g/mol. The second kappa shape index (κ2) is 5.44. The third-order valence-electron chi connectivity index (χ3n) is 3.83. The van der Waals surface area contributed by atoms with E-state index in [1.165, 1.54) is 49.7 Å². The van der Waals surface area contributed by atoms with E-state index in [2.05, 4.69) is 18.0 Å². The number of aryl methyl sites for hydroxylation is 1. The number of hydrogen-bond acceptors (Lipinski definition) is 2. The van der Waals surface area contributed by atoms with Crippen LogP contribution >= 0.6 is 0 Å². The Labute approximate surface area is 98.3 Å². The Morgan fingerprint density at radius 2 is 1.94 bits per heavy atom. The molecule has 1 atom stereocenters. The van der Waals surface area contributed by atoms with Gasteiger partial charge in [-0.25, -0.2) is 0 Å². The molecule has 0 aromatic carbocycles. The van der Waals surface area contributed by atoms with Crippen LogP contribution in [0.1, 0.15) is 55.7 Å². The molecule has 2 rings (SSSR count). The predicted octanol–water partition coefficient (Wildman–Crippen LogP) is 3.36. The van der Waals surface area contributed by atoms with Crippen molar-refractivity contribution in [1.82, 2.24) is 4.98 Å². The quantitative estimate of drug-likeness (QED) is 0.773. The van der Waals surface area contributed by atoms with Crippen LogP contribution in [0.15, 0.2) is 18.5 Å². The Hall–Kier alpha value is -0.890. The first-order valence-electron chi connectivity index (χ1n) is 6.45. The molecular formula is C14H22N2. The summed E-state index contributed by atoms with van der Waals surface area (Å²) < 4.78 is 0. The molecule has 0 aliphatic heterocycles. The average Bonchev–Trinajstić information content (AvgIpc) is 2.57. The lowest BCUT2D eigenvalue weighted by atomic mass is 9.87. The Balaban J connectivity index is 2.11. The summed E-state index contributed by atoms with van der Waals surface area (Å²) in [5.41, 5.74) is 8.94. The van der Waals surface area contributed by atoms with Crippen molar-refractivity contribution in [3.05, 3.63) is 29.6 Å². The summed E-state index contributed by atoms with van der Waals surface area (Å²) in [5, 5.41) is 0. The second-order valence-electron chi connectivity index (χ2n) is 5.01. The number of nitrogens with zero attached hydrogens (tertiary/aromatic N) is 1. The maximum atomic E-state index is 6.41. The summed E-state index contributed by atoms with van der Waals surface area (Å²) in [7, 11) is 0. The van der Waals surface area contributed by atoms with Crippen LogP contribution in [0.4, 0.5) is 0 Å². The molecule has 2 nitrogen and oxygen atoms in total.